The molecule has 7 heteroatoms. The van der Waals surface area contributed by atoms with Crippen LogP contribution in [-0.2, 0) is 0 Å². The van der Waals surface area contributed by atoms with Crippen LogP contribution < -0.4 is 10.6 Å². The van der Waals surface area contributed by atoms with Crippen molar-refractivity contribution in [3.05, 3.63) is 46.3 Å². The monoisotopic (exact) mass is 324 g/mol. The van der Waals surface area contributed by atoms with Crippen LogP contribution in [0.5, 0.6) is 0 Å². The third kappa shape index (κ3) is 3.05. The van der Waals surface area contributed by atoms with Gasteiger partial charge in [-0.05, 0) is 40.2 Å². The normalized spacial score (nSPS) is 10.1. The first kappa shape index (κ1) is 13.4. The molecule has 98 valence electrons. The largest absolute Gasteiger partial charge is 0.372 e. The number of amides is 1. The Morgan fingerprint density at radius 2 is 2.05 bits per heavy atom. The fourth-order valence-electron chi connectivity index (χ4n) is 1.38. The van der Waals surface area contributed by atoms with E-state index < -0.39 is 11.7 Å². The Morgan fingerprint density at radius 3 is 2.63 bits per heavy atom. The Balaban J connectivity index is 2.20. The van der Waals surface area contributed by atoms with Crippen LogP contribution in [0.3, 0.4) is 0 Å². The Morgan fingerprint density at radius 1 is 1.26 bits per heavy atom. The maximum absolute atomic E-state index is 13.6. The van der Waals surface area contributed by atoms with Gasteiger partial charge in [0.05, 0.1) is 5.69 Å². The van der Waals surface area contributed by atoms with Gasteiger partial charge in [-0.15, -0.1) is 10.2 Å². The number of para-hydroxylation sites is 1. The van der Waals surface area contributed by atoms with Gasteiger partial charge in [0, 0.05) is 11.5 Å². The van der Waals surface area contributed by atoms with E-state index in [-0.39, 0.29) is 11.4 Å². The molecule has 0 saturated carbocycles. The van der Waals surface area contributed by atoms with E-state index in [2.05, 4.69) is 36.8 Å². The highest BCUT2D eigenvalue weighted by molar-refractivity contribution is 9.10. The van der Waals surface area contributed by atoms with Gasteiger partial charge >= 0.3 is 0 Å². The van der Waals surface area contributed by atoms with Gasteiger partial charge < -0.3 is 10.6 Å². The van der Waals surface area contributed by atoms with Crippen molar-refractivity contribution in [2.45, 2.75) is 0 Å². The third-order valence-corrected chi connectivity index (χ3v) is 3.02. The summed E-state index contributed by atoms with van der Waals surface area (Å²) < 4.78 is 14.0. The number of nitrogens with zero attached hydrogens (tertiary/aromatic N) is 2. The minimum absolute atomic E-state index is 0.0759. The summed E-state index contributed by atoms with van der Waals surface area (Å²) in [5.41, 5.74) is 0.182. The number of halogens is 2. The van der Waals surface area contributed by atoms with Crippen molar-refractivity contribution in [2.75, 3.05) is 17.7 Å². The summed E-state index contributed by atoms with van der Waals surface area (Å²) >= 11 is 3.17. The average Bonchev–Trinajstić information content (AvgIpc) is 2.43. The van der Waals surface area contributed by atoms with E-state index >= 15 is 0 Å². The Bertz CT molecular complexity index is 583. The summed E-state index contributed by atoms with van der Waals surface area (Å²) in [5, 5.41) is 12.8. The van der Waals surface area contributed by atoms with Gasteiger partial charge in [0.1, 0.15) is 11.6 Å². The molecule has 5 nitrogen and oxygen atoms in total. The first-order valence-electron chi connectivity index (χ1n) is 5.38. The topological polar surface area (TPSA) is 66.9 Å². The molecule has 0 bridgehead atoms. The molecule has 2 aromatic rings. The predicted molar refractivity (Wildman–Crippen MR) is 73.6 cm³/mol. The van der Waals surface area contributed by atoms with Crippen molar-refractivity contribution in [1.82, 2.24) is 10.2 Å². The summed E-state index contributed by atoms with van der Waals surface area (Å²) in [6.07, 6.45) is 0. The highest BCUT2D eigenvalue weighted by atomic mass is 79.9. The molecule has 1 amide bonds. The second kappa shape index (κ2) is 5.75. The average molecular weight is 325 g/mol. The fraction of sp³-hybridized carbons (Fsp3) is 0.0833. The number of aromatic nitrogens is 2. The van der Waals surface area contributed by atoms with Gasteiger partial charge in [-0.2, -0.15) is 0 Å². The first-order valence-corrected chi connectivity index (χ1v) is 6.18. The Hall–Kier alpha value is -2.02. The van der Waals surface area contributed by atoms with Crippen LogP contribution in [0.25, 0.3) is 0 Å². The summed E-state index contributed by atoms with van der Waals surface area (Å²) in [4.78, 5) is 11.9. The molecule has 0 fully saturated rings. The van der Waals surface area contributed by atoms with Crippen LogP contribution in [0.1, 0.15) is 10.5 Å². The van der Waals surface area contributed by atoms with Gasteiger partial charge in [0.15, 0.2) is 5.69 Å². The summed E-state index contributed by atoms with van der Waals surface area (Å²) in [7, 11) is 1.69. The molecule has 0 spiro atoms. The number of rotatable bonds is 3. The summed E-state index contributed by atoms with van der Waals surface area (Å²) in [6, 6.07) is 7.54. The molecular weight excluding hydrogens is 315 g/mol. The van der Waals surface area contributed by atoms with Crippen LogP contribution in [0.4, 0.5) is 15.9 Å². The number of carbonyl (C=O) groups is 1. The fourth-order valence-corrected chi connectivity index (χ4v) is 1.82. The number of hydrogen-bond donors (Lipinski definition) is 2. The molecule has 0 aliphatic heterocycles. The molecule has 1 heterocycles. The summed E-state index contributed by atoms with van der Waals surface area (Å²) in [5.74, 6) is -0.507. The zero-order valence-electron chi connectivity index (χ0n) is 9.95. The molecule has 0 aliphatic rings. The summed E-state index contributed by atoms with van der Waals surface area (Å²) in [6.45, 7) is 0. The van der Waals surface area contributed by atoms with E-state index in [1.54, 1.807) is 19.2 Å². The number of anilines is 2. The zero-order valence-corrected chi connectivity index (χ0v) is 11.5. The van der Waals surface area contributed by atoms with Crippen molar-refractivity contribution >= 4 is 33.3 Å². The van der Waals surface area contributed by atoms with Gasteiger partial charge in [-0.25, -0.2) is 4.39 Å². The molecular formula is C12H10BrFN4O. The minimum atomic E-state index is -0.527. The van der Waals surface area contributed by atoms with Gasteiger partial charge in [0.25, 0.3) is 5.91 Å². The van der Waals surface area contributed by atoms with E-state index in [0.29, 0.717) is 10.3 Å². The second-order valence-electron chi connectivity index (χ2n) is 3.60. The van der Waals surface area contributed by atoms with Crippen LogP contribution >= 0.6 is 15.9 Å². The van der Waals surface area contributed by atoms with E-state index in [4.69, 9.17) is 0 Å². The highest BCUT2D eigenvalue weighted by Gasteiger charge is 2.13. The lowest BCUT2D eigenvalue weighted by Gasteiger charge is -2.07. The molecule has 19 heavy (non-hydrogen) atoms. The van der Waals surface area contributed by atoms with Crippen molar-refractivity contribution < 1.29 is 9.18 Å². The van der Waals surface area contributed by atoms with Gasteiger partial charge in [0.2, 0.25) is 0 Å². The quantitative estimate of drug-likeness (QED) is 0.910. The highest BCUT2D eigenvalue weighted by Crippen LogP contribution is 2.25. The molecule has 0 saturated heterocycles. The van der Waals surface area contributed by atoms with Crippen LogP contribution in [0, 0.1) is 5.82 Å². The number of nitrogens with one attached hydrogen (secondary N) is 2. The third-order valence-electron chi connectivity index (χ3n) is 2.35. The molecule has 0 atom stereocenters. The second-order valence-corrected chi connectivity index (χ2v) is 4.46. The molecule has 1 aromatic heterocycles. The van der Waals surface area contributed by atoms with Crippen molar-refractivity contribution in [2.24, 2.45) is 0 Å². The van der Waals surface area contributed by atoms with Crippen molar-refractivity contribution in [1.29, 1.82) is 0 Å². The Kier molecular flexibility index (Phi) is 4.06. The number of carbonyl (C=O) groups excluding carboxylic acids is 1. The van der Waals surface area contributed by atoms with Crippen LogP contribution in [0.2, 0.25) is 0 Å². The molecule has 1 aromatic carbocycles. The molecule has 2 rings (SSSR count). The minimum Gasteiger partial charge on any atom is -0.372 e. The van der Waals surface area contributed by atoms with E-state index in [0.717, 1.165) is 0 Å². The van der Waals surface area contributed by atoms with E-state index in [1.165, 1.54) is 18.2 Å². The predicted octanol–water partition coefficient (Wildman–Crippen LogP) is 2.67. The smallest absolute Gasteiger partial charge is 0.276 e. The zero-order chi connectivity index (χ0) is 13.8. The lowest BCUT2D eigenvalue weighted by molar-refractivity contribution is 0.102. The van der Waals surface area contributed by atoms with Crippen molar-refractivity contribution in [3.8, 4) is 0 Å². The molecule has 2 N–H and O–H groups in total. The molecule has 0 radical (unpaired) electrons. The number of benzene rings is 1. The SMILES string of the molecule is CNc1ccc(C(=O)Nc2c(F)cccc2Br)nn1. The molecule has 0 aliphatic carbocycles. The van der Waals surface area contributed by atoms with Gasteiger partial charge in [-0.3, -0.25) is 4.79 Å². The van der Waals surface area contributed by atoms with Crippen LogP contribution in [-0.4, -0.2) is 23.2 Å². The van der Waals surface area contributed by atoms with Crippen LogP contribution in [0.15, 0.2) is 34.8 Å². The molecule has 0 unspecified atom stereocenters. The lowest BCUT2D eigenvalue weighted by atomic mass is 10.3. The van der Waals surface area contributed by atoms with E-state index in [9.17, 15) is 9.18 Å². The first-order chi connectivity index (χ1) is 9.11. The lowest BCUT2D eigenvalue weighted by Crippen LogP contribution is -2.15. The maximum atomic E-state index is 13.6. The number of hydrogen-bond acceptors (Lipinski definition) is 4. The maximum Gasteiger partial charge on any atom is 0.276 e. The van der Waals surface area contributed by atoms with E-state index in [1.807, 2.05) is 0 Å². The van der Waals surface area contributed by atoms with Gasteiger partial charge in [-0.1, -0.05) is 6.07 Å². The standard InChI is InChI=1S/C12H10BrFN4O/c1-15-10-6-5-9(17-18-10)12(19)16-11-7(13)3-2-4-8(11)14/h2-6H,1H3,(H,15,18)(H,16,19). The Labute approximate surface area is 117 Å². The van der Waals surface area contributed by atoms with Crippen molar-refractivity contribution in [3.63, 3.8) is 0 Å².